The molecule has 1 spiro atoms. The van der Waals surface area contributed by atoms with E-state index in [1.54, 1.807) is 54.6 Å². The molecular weight excluding hydrogens is 446 g/mol. The molecule has 5 rings (SSSR count). The Bertz CT molecular complexity index is 1390. The zero-order valence-electron chi connectivity index (χ0n) is 19.5. The maximum Gasteiger partial charge on any atom is 0.290 e. The molecule has 0 saturated heterocycles. The van der Waals surface area contributed by atoms with Crippen molar-refractivity contribution in [3.05, 3.63) is 89.9 Å². The molecule has 8 nitrogen and oxygen atoms in total. The third-order valence-corrected chi connectivity index (χ3v) is 6.55. The Morgan fingerprint density at radius 1 is 1.14 bits per heavy atom. The summed E-state index contributed by atoms with van der Waals surface area (Å²) in [5.74, 6) is -2.76. The summed E-state index contributed by atoms with van der Waals surface area (Å²) in [5.41, 5.74) is -0.589. The summed E-state index contributed by atoms with van der Waals surface area (Å²) in [6, 6.07) is 15.7. The lowest BCUT2D eigenvalue weighted by Gasteiger charge is -2.36. The van der Waals surface area contributed by atoms with Gasteiger partial charge in [0, 0.05) is 30.6 Å². The number of furan rings is 1. The number of nitrogens with zero attached hydrogens (tertiary/aromatic N) is 3. The number of benzene rings is 2. The molecule has 8 heteroatoms. The highest BCUT2D eigenvalue weighted by Gasteiger charge is 2.65. The molecule has 3 aromatic rings. The Morgan fingerprint density at radius 2 is 1.86 bits per heavy atom. The lowest BCUT2D eigenvalue weighted by Crippen LogP contribution is -2.55. The van der Waals surface area contributed by atoms with Gasteiger partial charge in [-0.05, 0) is 32.3 Å². The van der Waals surface area contributed by atoms with E-state index in [0.717, 1.165) is 0 Å². The third kappa shape index (κ3) is 3.14. The van der Waals surface area contributed by atoms with Gasteiger partial charge < -0.3 is 24.2 Å². The van der Waals surface area contributed by atoms with E-state index >= 15 is 0 Å². The maximum atomic E-state index is 14.2. The second kappa shape index (κ2) is 8.25. The zero-order chi connectivity index (χ0) is 24.9. The van der Waals surface area contributed by atoms with Crippen molar-refractivity contribution in [2.45, 2.75) is 5.54 Å². The fourth-order valence-corrected chi connectivity index (χ4v) is 5.00. The standard InChI is InChI=1S/C27H25N3O5/c1-4-13-29-19-11-7-6-10-18(19)27(26(29)34)22(24(32)25(33)30(27)15-14-28(2)3)23(31)21-16-17-9-5-8-12-20(17)35-21/h4-12,16,32H,1,13-15H2,2-3H3. The highest BCUT2D eigenvalue weighted by molar-refractivity contribution is 6.26. The van der Waals surface area contributed by atoms with Crippen LogP contribution in [0.1, 0.15) is 16.1 Å². The number of likely N-dealkylation sites (N-methyl/N-ethyl adjacent to an activating group) is 1. The number of ketones is 1. The monoisotopic (exact) mass is 471 g/mol. The fourth-order valence-electron chi connectivity index (χ4n) is 5.00. The van der Waals surface area contributed by atoms with Crippen molar-refractivity contribution < 1.29 is 23.9 Å². The highest BCUT2D eigenvalue weighted by atomic mass is 16.3. The lowest BCUT2D eigenvalue weighted by atomic mass is 9.81. The van der Waals surface area contributed by atoms with Crippen LogP contribution in [0.3, 0.4) is 0 Å². The summed E-state index contributed by atoms with van der Waals surface area (Å²) in [6.45, 7) is 4.48. The Morgan fingerprint density at radius 3 is 2.57 bits per heavy atom. The van der Waals surface area contributed by atoms with E-state index in [-0.39, 0.29) is 24.4 Å². The summed E-state index contributed by atoms with van der Waals surface area (Å²) < 4.78 is 5.79. The van der Waals surface area contributed by atoms with E-state index in [2.05, 4.69) is 6.58 Å². The van der Waals surface area contributed by atoms with Crippen molar-refractivity contribution in [3.63, 3.8) is 0 Å². The molecule has 3 heterocycles. The molecule has 1 aromatic heterocycles. The van der Waals surface area contributed by atoms with Gasteiger partial charge in [-0.3, -0.25) is 14.4 Å². The van der Waals surface area contributed by atoms with Gasteiger partial charge >= 0.3 is 0 Å². The predicted molar refractivity (Wildman–Crippen MR) is 131 cm³/mol. The van der Waals surface area contributed by atoms with Crippen LogP contribution < -0.4 is 4.90 Å². The topological polar surface area (TPSA) is 94.3 Å². The summed E-state index contributed by atoms with van der Waals surface area (Å²) >= 11 is 0. The predicted octanol–water partition coefficient (Wildman–Crippen LogP) is 3.26. The number of para-hydroxylation sites is 2. The Kier molecular flexibility index (Phi) is 5.33. The van der Waals surface area contributed by atoms with Gasteiger partial charge in [0.1, 0.15) is 5.58 Å². The molecule has 1 N–H and O–H groups in total. The molecule has 2 aromatic carbocycles. The van der Waals surface area contributed by atoms with Crippen molar-refractivity contribution in [2.24, 2.45) is 0 Å². The second-order valence-corrected chi connectivity index (χ2v) is 8.89. The number of hydrogen-bond acceptors (Lipinski definition) is 6. The van der Waals surface area contributed by atoms with Gasteiger partial charge in [-0.2, -0.15) is 0 Å². The lowest BCUT2D eigenvalue weighted by molar-refractivity contribution is -0.139. The summed E-state index contributed by atoms with van der Waals surface area (Å²) in [4.78, 5) is 46.2. The van der Waals surface area contributed by atoms with Gasteiger partial charge in [0.05, 0.1) is 11.3 Å². The number of anilines is 1. The molecule has 0 aliphatic carbocycles. The third-order valence-electron chi connectivity index (χ3n) is 6.55. The van der Waals surface area contributed by atoms with Crippen molar-refractivity contribution in [1.82, 2.24) is 9.80 Å². The minimum atomic E-state index is -1.81. The molecule has 2 aliphatic heterocycles. The van der Waals surface area contributed by atoms with Crippen molar-refractivity contribution >= 4 is 34.3 Å². The van der Waals surface area contributed by atoms with Crippen LogP contribution in [0.2, 0.25) is 0 Å². The Balaban J connectivity index is 1.75. The number of rotatable bonds is 7. The quantitative estimate of drug-likeness (QED) is 0.420. The second-order valence-electron chi connectivity index (χ2n) is 8.89. The number of aliphatic hydroxyl groups excluding tert-OH is 1. The molecule has 1 atom stereocenters. The van der Waals surface area contributed by atoms with E-state index in [4.69, 9.17) is 4.42 Å². The molecule has 35 heavy (non-hydrogen) atoms. The van der Waals surface area contributed by atoms with Crippen molar-refractivity contribution in [1.29, 1.82) is 0 Å². The van der Waals surface area contributed by atoms with Gasteiger partial charge in [-0.15, -0.1) is 6.58 Å². The van der Waals surface area contributed by atoms with Crippen molar-refractivity contribution in [3.8, 4) is 0 Å². The van der Waals surface area contributed by atoms with E-state index in [0.29, 0.717) is 28.8 Å². The van der Waals surface area contributed by atoms with Gasteiger partial charge in [-0.25, -0.2) is 0 Å². The smallest absolute Gasteiger partial charge is 0.290 e. The zero-order valence-corrected chi connectivity index (χ0v) is 19.5. The normalized spacial score (nSPS) is 19.5. The molecule has 0 radical (unpaired) electrons. The minimum Gasteiger partial charge on any atom is -0.503 e. The average Bonchev–Trinajstić information content (AvgIpc) is 3.45. The van der Waals surface area contributed by atoms with Crippen molar-refractivity contribution in [2.75, 3.05) is 38.6 Å². The largest absolute Gasteiger partial charge is 0.503 e. The van der Waals surface area contributed by atoms with Crippen LogP contribution in [0.25, 0.3) is 11.0 Å². The molecule has 178 valence electrons. The van der Waals surface area contributed by atoms with Crippen LogP contribution in [-0.4, -0.2) is 66.2 Å². The Hall–Kier alpha value is -4.17. The first-order chi connectivity index (χ1) is 16.8. The van der Waals surface area contributed by atoms with E-state index < -0.39 is 28.9 Å². The summed E-state index contributed by atoms with van der Waals surface area (Å²) in [6.07, 6.45) is 1.58. The van der Waals surface area contributed by atoms with E-state index in [1.165, 1.54) is 9.80 Å². The van der Waals surface area contributed by atoms with E-state index in [9.17, 15) is 19.5 Å². The molecule has 2 aliphatic rings. The van der Waals surface area contributed by atoms with Gasteiger partial charge in [0.25, 0.3) is 11.8 Å². The summed E-state index contributed by atoms with van der Waals surface area (Å²) in [7, 11) is 3.69. The van der Waals surface area contributed by atoms with Crippen LogP contribution in [-0.2, 0) is 15.1 Å². The van der Waals surface area contributed by atoms with Crippen LogP contribution in [0.5, 0.6) is 0 Å². The van der Waals surface area contributed by atoms with Crippen LogP contribution in [0, 0.1) is 0 Å². The number of Topliss-reactive ketones (excluding diaryl/α,β-unsaturated/α-hetero) is 1. The first-order valence-corrected chi connectivity index (χ1v) is 11.3. The minimum absolute atomic E-state index is 0.0539. The first kappa shape index (κ1) is 22.6. The number of hydrogen-bond donors (Lipinski definition) is 1. The number of amides is 2. The number of fused-ring (bicyclic) bond motifs is 3. The number of carbonyl (C=O) groups is 3. The SMILES string of the molecule is C=CCN1C(=O)C2(C(C(=O)c3cc4ccccc4o3)=C(O)C(=O)N2CCN(C)C)c2ccccc21. The molecule has 0 fully saturated rings. The Labute approximate surface area is 202 Å². The van der Waals surface area contributed by atoms with Gasteiger partial charge in [0.15, 0.2) is 17.1 Å². The van der Waals surface area contributed by atoms with Gasteiger partial charge in [-0.1, -0.05) is 42.5 Å². The molecule has 2 amide bonds. The average molecular weight is 472 g/mol. The molecular formula is C27H25N3O5. The van der Waals surface area contributed by atoms with Crippen LogP contribution >= 0.6 is 0 Å². The van der Waals surface area contributed by atoms with Crippen LogP contribution in [0.4, 0.5) is 5.69 Å². The number of aliphatic hydroxyl groups is 1. The molecule has 1 unspecified atom stereocenters. The highest BCUT2D eigenvalue weighted by Crippen LogP contribution is 2.53. The number of carbonyl (C=O) groups excluding carboxylic acids is 3. The van der Waals surface area contributed by atoms with Gasteiger partial charge in [0.2, 0.25) is 5.78 Å². The summed E-state index contributed by atoms with van der Waals surface area (Å²) in [5, 5.41) is 11.8. The fraction of sp³-hybridized carbons (Fsp3) is 0.222. The molecule has 0 bridgehead atoms. The van der Waals surface area contributed by atoms with E-state index in [1.807, 2.05) is 25.1 Å². The maximum absolute atomic E-state index is 14.2. The molecule has 0 saturated carbocycles. The van der Waals surface area contributed by atoms with Crippen LogP contribution in [0.15, 0.2) is 83.0 Å². The first-order valence-electron chi connectivity index (χ1n) is 11.3.